The van der Waals surface area contributed by atoms with Crippen molar-refractivity contribution in [1.29, 1.82) is 0 Å². The number of H-pyrrole nitrogens is 1. The summed E-state index contributed by atoms with van der Waals surface area (Å²) in [7, 11) is 1.34. The number of nitrogens with one attached hydrogen (secondary N) is 2. The quantitative estimate of drug-likeness (QED) is 0.783. The highest BCUT2D eigenvalue weighted by Gasteiger charge is 2.16. The molecule has 1 amide bonds. The summed E-state index contributed by atoms with van der Waals surface area (Å²) in [6, 6.07) is 1.76. The predicted octanol–water partition coefficient (Wildman–Crippen LogP) is 1.17. The van der Waals surface area contributed by atoms with Gasteiger partial charge in [-0.15, -0.1) is 0 Å². The Labute approximate surface area is 94.3 Å². The second-order valence-electron chi connectivity index (χ2n) is 3.39. The summed E-state index contributed by atoms with van der Waals surface area (Å²) in [4.78, 5) is 25.5. The van der Waals surface area contributed by atoms with Gasteiger partial charge in [0.2, 0.25) is 5.43 Å². The van der Waals surface area contributed by atoms with Gasteiger partial charge < -0.3 is 10.3 Å². The van der Waals surface area contributed by atoms with Gasteiger partial charge in [-0.25, -0.2) is 8.78 Å². The van der Waals surface area contributed by atoms with Crippen LogP contribution in [-0.2, 0) is 0 Å². The van der Waals surface area contributed by atoms with Crippen LogP contribution in [0.25, 0.3) is 10.9 Å². The fraction of sp³-hybridized carbons (Fsp3) is 0.0909. The molecule has 2 aromatic rings. The molecule has 0 aliphatic carbocycles. The average molecular weight is 238 g/mol. The van der Waals surface area contributed by atoms with Crippen LogP contribution in [0.4, 0.5) is 8.78 Å². The van der Waals surface area contributed by atoms with Crippen molar-refractivity contribution in [2.75, 3.05) is 7.05 Å². The topological polar surface area (TPSA) is 62.0 Å². The first-order chi connectivity index (χ1) is 8.06. The molecule has 6 heteroatoms. The second kappa shape index (κ2) is 3.97. The molecular formula is C11H8F2N2O2. The summed E-state index contributed by atoms with van der Waals surface area (Å²) >= 11 is 0. The highest BCUT2D eigenvalue weighted by Crippen LogP contribution is 2.16. The van der Waals surface area contributed by atoms with E-state index in [1.54, 1.807) is 0 Å². The lowest BCUT2D eigenvalue weighted by molar-refractivity contribution is 0.0962. The Bertz CT molecular complexity index is 664. The summed E-state index contributed by atoms with van der Waals surface area (Å²) in [6.07, 6.45) is 1.06. The van der Waals surface area contributed by atoms with Crippen LogP contribution in [0, 0.1) is 11.6 Å². The number of aromatic nitrogens is 1. The Morgan fingerprint density at radius 1 is 1.29 bits per heavy atom. The minimum absolute atomic E-state index is 0.248. The van der Waals surface area contributed by atoms with E-state index in [9.17, 15) is 18.4 Å². The van der Waals surface area contributed by atoms with Crippen molar-refractivity contribution in [3.63, 3.8) is 0 Å². The Morgan fingerprint density at radius 2 is 1.94 bits per heavy atom. The molecule has 0 spiro atoms. The molecule has 1 heterocycles. The fourth-order valence-corrected chi connectivity index (χ4v) is 1.56. The Kier molecular flexibility index (Phi) is 2.63. The molecule has 2 N–H and O–H groups in total. The van der Waals surface area contributed by atoms with Crippen LogP contribution in [0.3, 0.4) is 0 Å². The third kappa shape index (κ3) is 1.67. The fourth-order valence-electron chi connectivity index (χ4n) is 1.56. The number of pyridine rings is 1. The first-order valence-corrected chi connectivity index (χ1v) is 4.77. The van der Waals surface area contributed by atoms with E-state index in [0.29, 0.717) is 0 Å². The molecule has 0 saturated carbocycles. The van der Waals surface area contributed by atoms with Gasteiger partial charge in [-0.3, -0.25) is 9.59 Å². The Morgan fingerprint density at radius 3 is 2.59 bits per heavy atom. The summed E-state index contributed by atoms with van der Waals surface area (Å²) in [5.74, 6) is -2.27. The van der Waals surface area contributed by atoms with Gasteiger partial charge in [-0.05, 0) is 12.1 Å². The third-order valence-electron chi connectivity index (χ3n) is 2.41. The van der Waals surface area contributed by atoms with Crippen molar-refractivity contribution in [2.24, 2.45) is 0 Å². The largest absolute Gasteiger partial charge is 0.358 e. The minimum atomic E-state index is -0.867. The van der Waals surface area contributed by atoms with Gasteiger partial charge in [0, 0.05) is 13.2 Å². The standard InChI is InChI=1S/C11H8F2N2O2/c1-14-11(17)5-4-15-9-7(13)3-2-6(12)8(9)10(5)16/h2-4H,1H3,(H,14,17)(H,15,16). The smallest absolute Gasteiger partial charge is 0.256 e. The first kappa shape index (κ1) is 11.3. The van der Waals surface area contributed by atoms with E-state index in [1.165, 1.54) is 7.05 Å². The molecule has 1 aromatic carbocycles. The van der Waals surface area contributed by atoms with Crippen LogP contribution < -0.4 is 10.7 Å². The van der Waals surface area contributed by atoms with E-state index in [1.807, 2.05) is 0 Å². The van der Waals surface area contributed by atoms with Gasteiger partial charge in [0.05, 0.1) is 10.9 Å². The van der Waals surface area contributed by atoms with E-state index in [2.05, 4.69) is 10.3 Å². The third-order valence-corrected chi connectivity index (χ3v) is 2.41. The predicted molar refractivity (Wildman–Crippen MR) is 57.9 cm³/mol. The van der Waals surface area contributed by atoms with Crippen LogP contribution in [-0.4, -0.2) is 17.9 Å². The first-order valence-electron chi connectivity index (χ1n) is 4.77. The molecular weight excluding hydrogens is 230 g/mol. The van der Waals surface area contributed by atoms with Crippen LogP contribution in [0.2, 0.25) is 0 Å². The van der Waals surface area contributed by atoms with Crippen LogP contribution >= 0.6 is 0 Å². The van der Waals surface area contributed by atoms with Crippen LogP contribution in [0.15, 0.2) is 23.1 Å². The maximum Gasteiger partial charge on any atom is 0.256 e. The normalized spacial score (nSPS) is 10.5. The molecule has 2 rings (SSSR count). The molecule has 0 aliphatic rings. The van der Waals surface area contributed by atoms with Crippen molar-refractivity contribution in [3.8, 4) is 0 Å². The lowest BCUT2D eigenvalue weighted by Crippen LogP contribution is -2.26. The molecule has 1 aromatic heterocycles. The summed E-state index contributed by atoms with van der Waals surface area (Å²) in [6.45, 7) is 0. The highest BCUT2D eigenvalue weighted by atomic mass is 19.1. The average Bonchev–Trinajstić information content (AvgIpc) is 2.33. The number of fused-ring (bicyclic) bond motifs is 1. The summed E-state index contributed by atoms with van der Waals surface area (Å²) < 4.78 is 26.8. The van der Waals surface area contributed by atoms with Crippen molar-refractivity contribution >= 4 is 16.8 Å². The SMILES string of the molecule is CNC(=O)c1c[nH]c2c(F)ccc(F)c2c1=O. The zero-order valence-corrected chi connectivity index (χ0v) is 8.80. The van der Waals surface area contributed by atoms with Crippen LogP contribution in [0.1, 0.15) is 10.4 Å². The van der Waals surface area contributed by atoms with Gasteiger partial charge in [-0.2, -0.15) is 0 Å². The molecule has 0 atom stereocenters. The number of halogens is 2. The number of rotatable bonds is 1. The van der Waals surface area contributed by atoms with E-state index >= 15 is 0 Å². The minimum Gasteiger partial charge on any atom is -0.358 e. The molecule has 0 fully saturated rings. The second-order valence-corrected chi connectivity index (χ2v) is 3.39. The number of aromatic amines is 1. The van der Waals surface area contributed by atoms with Gasteiger partial charge >= 0.3 is 0 Å². The maximum atomic E-state index is 13.5. The van der Waals surface area contributed by atoms with E-state index in [-0.39, 0.29) is 11.1 Å². The molecule has 88 valence electrons. The highest BCUT2D eigenvalue weighted by molar-refractivity contribution is 5.97. The number of hydrogen-bond acceptors (Lipinski definition) is 2. The molecule has 0 saturated heterocycles. The van der Waals surface area contributed by atoms with Gasteiger partial charge in [0.25, 0.3) is 5.91 Å². The van der Waals surface area contributed by atoms with Crippen molar-refractivity contribution in [1.82, 2.24) is 10.3 Å². The Balaban J connectivity index is 2.89. The van der Waals surface area contributed by atoms with Crippen LogP contribution in [0.5, 0.6) is 0 Å². The molecule has 0 bridgehead atoms. The van der Waals surface area contributed by atoms with Gasteiger partial charge in [0.15, 0.2) is 0 Å². The zero-order chi connectivity index (χ0) is 12.6. The van der Waals surface area contributed by atoms with Gasteiger partial charge in [-0.1, -0.05) is 0 Å². The van der Waals surface area contributed by atoms with Gasteiger partial charge in [0.1, 0.15) is 17.2 Å². The van der Waals surface area contributed by atoms with E-state index in [0.717, 1.165) is 18.3 Å². The van der Waals surface area contributed by atoms with Crippen molar-refractivity contribution < 1.29 is 13.6 Å². The molecule has 0 unspecified atom stereocenters. The van der Waals surface area contributed by atoms with E-state index < -0.39 is 28.4 Å². The number of benzene rings is 1. The number of hydrogen-bond donors (Lipinski definition) is 2. The zero-order valence-electron chi connectivity index (χ0n) is 8.80. The van der Waals surface area contributed by atoms with E-state index in [4.69, 9.17) is 0 Å². The number of amides is 1. The van der Waals surface area contributed by atoms with Crippen molar-refractivity contribution in [3.05, 3.63) is 45.8 Å². The van der Waals surface area contributed by atoms with Crippen molar-refractivity contribution in [2.45, 2.75) is 0 Å². The number of carbonyl (C=O) groups excluding carboxylic acids is 1. The Hall–Kier alpha value is -2.24. The molecule has 0 radical (unpaired) electrons. The number of carbonyl (C=O) groups is 1. The molecule has 4 nitrogen and oxygen atoms in total. The molecule has 0 aliphatic heterocycles. The lowest BCUT2D eigenvalue weighted by Gasteiger charge is -2.03. The summed E-state index contributed by atoms with van der Waals surface area (Å²) in [5.41, 5.74) is -1.35. The molecule has 17 heavy (non-hydrogen) atoms. The maximum absolute atomic E-state index is 13.5. The lowest BCUT2D eigenvalue weighted by atomic mass is 10.1. The summed E-state index contributed by atoms with van der Waals surface area (Å²) in [5, 5.41) is 1.79. The monoisotopic (exact) mass is 238 g/mol.